The van der Waals surface area contributed by atoms with Crippen LogP contribution >= 0.6 is 0 Å². The molecule has 0 bridgehead atoms. The van der Waals surface area contributed by atoms with Crippen molar-refractivity contribution in [3.8, 4) is 0 Å². The molecule has 0 N–H and O–H groups in total. The number of hydrogen-bond acceptors (Lipinski definition) is 6. The lowest BCUT2D eigenvalue weighted by Gasteiger charge is -2.16. The first-order valence-corrected chi connectivity index (χ1v) is 10.4. The molecule has 0 aliphatic carbocycles. The Morgan fingerprint density at radius 1 is 1.18 bits per heavy atom. The van der Waals surface area contributed by atoms with Gasteiger partial charge >= 0.3 is 6.16 Å². The Hall–Kier alpha value is -0.603. The second-order valence-electron chi connectivity index (χ2n) is 4.34. The molecule has 0 aliphatic heterocycles. The van der Waals surface area contributed by atoms with E-state index in [9.17, 15) is 13.2 Å². The predicted octanol–water partition coefficient (Wildman–Crippen LogP) is 1.73. The lowest BCUT2D eigenvalue weighted by atomic mass is 10.5. The third kappa shape index (κ3) is 10.3. The van der Waals surface area contributed by atoms with Crippen molar-refractivity contribution in [2.24, 2.45) is 0 Å². The van der Waals surface area contributed by atoms with Crippen LogP contribution < -0.4 is 0 Å². The van der Waals surface area contributed by atoms with Gasteiger partial charge in [-0.15, -0.1) is 0 Å². The van der Waals surface area contributed by atoms with Crippen LogP contribution in [-0.2, 0) is 23.5 Å². The van der Waals surface area contributed by atoms with Gasteiger partial charge in [-0.1, -0.05) is 0 Å². The van der Waals surface area contributed by atoms with Gasteiger partial charge in [-0.25, -0.2) is 13.2 Å². The van der Waals surface area contributed by atoms with Gasteiger partial charge in [0, 0.05) is 0 Å². The highest BCUT2D eigenvalue weighted by atomic mass is 32.2. The number of ether oxygens (including phenoxy) is 2. The summed E-state index contributed by atoms with van der Waals surface area (Å²) < 4.78 is 37.1. The van der Waals surface area contributed by atoms with Crippen molar-refractivity contribution in [3.63, 3.8) is 0 Å². The van der Waals surface area contributed by atoms with Gasteiger partial charge in [0.15, 0.2) is 0 Å². The van der Waals surface area contributed by atoms with Crippen molar-refractivity contribution in [1.29, 1.82) is 0 Å². The summed E-state index contributed by atoms with van der Waals surface area (Å²) in [6.45, 7) is 7.27. The van der Waals surface area contributed by atoms with Gasteiger partial charge in [0.25, 0.3) is 10.1 Å². The normalized spacial score (nSPS) is 12.2. The molecule has 0 unspecified atom stereocenters. The lowest BCUT2D eigenvalue weighted by Crippen LogP contribution is -2.30. The SMILES string of the molecule is CCOC(=O)OCCCS(=O)(=O)O[Si](C)(C)C. The predicted molar refractivity (Wildman–Crippen MR) is 65.8 cm³/mol. The molecular weight excluding hydrogens is 264 g/mol. The lowest BCUT2D eigenvalue weighted by molar-refractivity contribution is 0.0592. The van der Waals surface area contributed by atoms with Crippen LogP contribution in [-0.4, -0.2) is 41.9 Å². The molecule has 0 radical (unpaired) electrons. The minimum atomic E-state index is -3.52. The van der Waals surface area contributed by atoms with Crippen LogP contribution in [0.3, 0.4) is 0 Å². The third-order valence-electron chi connectivity index (χ3n) is 1.40. The van der Waals surface area contributed by atoms with Gasteiger partial charge in [-0.3, -0.25) is 0 Å². The molecule has 0 saturated heterocycles. The zero-order valence-electron chi connectivity index (χ0n) is 10.7. The summed E-state index contributed by atoms with van der Waals surface area (Å²) in [5.41, 5.74) is 0. The van der Waals surface area contributed by atoms with E-state index in [2.05, 4.69) is 9.47 Å². The fourth-order valence-corrected chi connectivity index (χ4v) is 4.83. The summed E-state index contributed by atoms with van der Waals surface area (Å²) in [6, 6.07) is 0. The van der Waals surface area contributed by atoms with Gasteiger partial charge in [0.05, 0.1) is 19.0 Å². The quantitative estimate of drug-likeness (QED) is 0.402. The monoisotopic (exact) mass is 284 g/mol. The van der Waals surface area contributed by atoms with E-state index in [1.54, 1.807) is 26.6 Å². The highest BCUT2D eigenvalue weighted by Crippen LogP contribution is 2.09. The highest BCUT2D eigenvalue weighted by Gasteiger charge is 2.23. The molecular formula is C9H20O6SSi. The molecule has 0 amide bonds. The molecule has 0 aliphatic rings. The molecule has 0 saturated carbocycles. The first-order chi connectivity index (χ1) is 7.66. The maximum Gasteiger partial charge on any atom is 0.508 e. The van der Waals surface area contributed by atoms with Crippen LogP contribution in [0.4, 0.5) is 4.79 Å². The Balaban J connectivity index is 3.85. The van der Waals surface area contributed by atoms with E-state index >= 15 is 0 Å². The van der Waals surface area contributed by atoms with E-state index in [0.29, 0.717) is 0 Å². The van der Waals surface area contributed by atoms with E-state index in [0.717, 1.165) is 0 Å². The largest absolute Gasteiger partial charge is 0.508 e. The van der Waals surface area contributed by atoms with Crippen molar-refractivity contribution < 1.29 is 26.6 Å². The second kappa shape index (κ2) is 6.97. The summed E-state index contributed by atoms with van der Waals surface area (Å²) in [5.74, 6) is -0.156. The smallest absolute Gasteiger partial charge is 0.435 e. The Bertz CT molecular complexity index is 332. The second-order valence-corrected chi connectivity index (χ2v) is 10.8. The summed E-state index contributed by atoms with van der Waals surface area (Å²) >= 11 is 0. The minimum Gasteiger partial charge on any atom is -0.435 e. The minimum absolute atomic E-state index is 0.00707. The van der Waals surface area contributed by atoms with E-state index in [1.807, 2.05) is 0 Å². The van der Waals surface area contributed by atoms with Gasteiger partial charge < -0.3 is 13.3 Å². The summed E-state index contributed by atoms with van der Waals surface area (Å²) in [5, 5.41) is 0. The molecule has 0 heterocycles. The average Bonchev–Trinajstić information content (AvgIpc) is 2.09. The molecule has 0 aromatic carbocycles. The molecule has 0 aromatic heterocycles. The molecule has 17 heavy (non-hydrogen) atoms. The molecule has 0 spiro atoms. The molecule has 6 nitrogen and oxygen atoms in total. The molecule has 0 rings (SSSR count). The van der Waals surface area contributed by atoms with Gasteiger partial charge in [0.2, 0.25) is 8.32 Å². The van der Waals surface area contributed by atoms with Gasteiger partial charge in [0.1, 0.15) is 0 Å². The van der Waals surface area contributed by atoms with Crippen LogP contribution in [0.2, 0.25) is 19.6 Å². The van der Waals surface area contributed by atoms with Crippen LogP contribution in [0, 0.1) is 0 Å². The summed E-state index contributed by atoms with van der Waals surface area (Å²) in [7, 11) is -5.63. The summed E-state index contributed by atoms with van der Waals surface area (Å²) in [4.78, 5) is 10.8. The van der Waals surface area contributed by atoms with E-state index < -0.39 is 24.6 Å². The molecule has 0 fully saturated rings. The van der Waals surface area contributed by atoms with Crippen LogP contribution in [0.5, 0.6) is 0 Å². The molecule has 0 aromatic rings. The highest BCUT2D eigenvalue weighted by molar-refractivity contribution is 7.87. The standard InChI is InChI=1S/C9H20O6SSi/c1-5-13-9(10)14-7-6-8-16(11,12)15-17(2,3)4/h5-8H2,1-4H3. The maximum absolute atomic E-state index is 11.5. The third-order valence-corrected chi connectivity index (χ3v) is 5.20. The van der Waals surface area contributed by atoms with Crippen molar-refractivity contribution in [2.75, 3.05) is 19.0 Å². The van der Waals surface area contributed by atoms with E-state index in [-0.39, 0.29) is 25.4 Å². The fourth-order valence-electron chi connectivity index (χ4n) is 0.973. The summed E-state index contributed by atoms with van der Waals surface area (Å²) in [6.07, 6.45) is -0.581. The Morgan fingerprint density at radius 2 is 1.76 bits per heavy atom. The Morgan fingerprint density at radius 3 is 2.24 bits per heavy atom. The molecule has 8 heteroatoms. The molecule has 102 valence electrons. The zero-order valence-corrected chi connectivity index (χ0v) is 12.5. The number of hydrogen-bond donors (Lipinski definition) is 0. The van der Waals surface area contributed by atoms with Crippen molar-refractivity contribution in [2.45, 2.75) is 33.0 Å². The van der Waals surface area contributed by atoms with Crippen molar-refractivity contribution in [3.05, 3.63) is 0 Å². The Labute approximate surface area is 103 Å². The molecule has 0 atom stereocenters. The van der Waals surface area contributed by atoms with Crippen molar-refractivity contribution >= 4 is 24.6 Å². The number of carbonyl (C=O) groups is 1. The van der Waals surface area contributed by atoms with Gasteiger partial charge in [-0.05, 0) is 33.0 Å². The van der Waals surface area contributed by atoms with Crippen LogP contribution in [0.1, 0.15) is 13.3 Å². The maximum atomic E-state index is 11.5. The van der Waals surface area contributed by atoms with E-state index in [4.69, 9.17) is 3.87 Å². The van der Waals surface area contributed by atoms with Crippen molar-refractivity contribution in [1.82, 2.24) is 0 Å². The first-order valence-electron chi connectivity index (χ1n) is 5.39. The van der Waals surface area contributed by atoms with Crippen LogP contribution in [0.25, 0.3) is 0 Å². The topological polar surface area (TPSA) is 78.9 Å². The van der Waals surface area contributed by atoms with E-state index in [1.165, 1.54) is 0 Å². The number of carbonyl (C=O) groups excluding carboxylic acids is 1. The average molecular weight is 284 g/mol. The van der Waals surface area contributed by atoms with Gasteiger partial charge in [-0.2, -0.15) is 0 Å². The zero-order chi connectivity index (χ0) is 13.5. The first kappa shape index (κ1) is 16.4. The fraction of sp³-hybridized carbons (Fsp3) is 0.889. The number of rotatable bonds is 7. The van der Waals surface area contributed by atoms with Crippen LogP contribution in [0.15, 0.2) is 0 Å². The Kier molecular flexibility index (Phi) is 6.72.